The largest absolute Gasteiger partial charge is 0.375 e. The number of ether oxygens (including phenoxy) is 1. The molecule has 0 N–H and O–H groups in total. The third-order valence-electron chi connectivity index (χ3n) is 2.67. The molecule has 0 fully saturated rings. The molecule has 1 nitrogen and oxygen atoms in total. The van der Waals surface area contributed by atoms with E-state index in [0.29, 0.717) is 0 Å². The third kappa shape index (κ3) is 9.13. The summed E-state index contributed by atoms with van der Waals surface area (Å²) >= 11 is 0. The molecule has 0 amide bonds. The number of alkyl halides is 6. The molecule has 0 aromatic carbocycles. The summed E-state index contributed by atoms with van der Waals surface area (Å²) in [6.45, 7) is 1.01. The smallest absolute Gasteiger partial charge is 0.250 e. The summed E-state index contributed by atoms with van der Waals surface area (Å²) in [5.74, 6) is -6.26. The van der Waals surface area contributed by atoms with Crippen molar-refractivity contribution in [1.29, 1.82) is 0 Å². The Bertz CT molecular complexity index is 222. The quantitative estimate of drug-likeness (QED) is 0.537. The van der Waals surface area contributed by atoms with Gasteiger partial charge < -0.3 is 4.74 Å². The minimum absolute atomic E-state index is 0.498. The van der Waals surface area contributed by atoms with Gasteiger partial charge >= 0.3 is 0 Å². The van der Waals surface area contributed by atoms with E-state index in [4.69, 9.17) is 0 Å². The van der Waals surface area contributed by atoms with Crippen LogP contribution in [-0.4, -0.2) is 37.4 Å². The van der Waals surface area contributed by atoms with Crippen LogP contribution in [0.5, 0.6) is 0 Å². The Kier molecular flexibility index (Phi) is 7.78. The Morgan fingerprint density at radius 2 is 1.11 bits per heavy atom. The molecule has 0 aromatic heterocycles. The maximum absolute atomic E-state index is 13.1. The first kappa shape index (κ1) is 18.5. The van der Waals surface area contributed by atoms with Gasteiger partial charge in [0, 0.05) is 25.7 Å². The van der Waals surface area contributed by atoms with Crippen LogP contribution in [0.4, 0.5) is 26.3 Å². The Morgan fingerprint density at radius 1 is 0.789 bits per heavy atom. The summed E-state index contributed by atoms with van der Waals surface area (Å²) in [5, 5.41) is 0. The second kappa shape index (κ2) is 7.97. The topological polar surface area (TPSA) is 9.23 Å². The number of halogens is 6. The first-order valence-corrected chi connectivity index (χ1v) is 6.23. The van der Waals surface area contributed by atoms with Gasteiger partial charge in [0.2, 0.25) is 0 Å². The molecule has 0 rings (SSSR count). The van der Waals surface area contributed by atoms with Crippen LogP contribution in [0, 0.1) is 0 Å². The molecule has 0 aliphatic heterocycles. The zero-order valence-electron chi connectivity index (χ0n) is 11.1. The lowest BCUT2D eigenvalue weighted by Crippen LogP contribution is -2.27. The molecule has 0 heterocycles. The maximum Gasteiger partial charge on any atom is 0.250 e. The molecule has 0 saturated carbocycles. The molecule has 116 valence electrons. The average molecular weight is 294 g/mol. The predicted molar refractivity (Wildman–Crippen MR) is 60.3 cm³/mol. The van der Waals surface area contributed by atoms with E-state index in [1.165, 1.54) is 13.8 Å². The molecule has 0 bridgehead atoms. The lowest BCUT2D eigenvalue weighted by Gasteiger charge is -2.19. The van der Waals surface area contributed by atoms with Crippen molar-refractivity contribution in [1.82, 2.24) is 0 Å². The summed E-state index contributed by atoms with van der Waals surface area (Å²) in [5.41, 5.74) is 0. The lowest BCUT2D eigenvalue weighted by atomic mass is 10.1. The normalized spacial score (nSPS) is 16.4. The van der Waals surface area contributed by atoms with Crippen LogP contribution in [0.1, 0.15) is 39.5 Å². The summed E-state index contributed by atoms with van der Waals surface area (Å²) in [6, 6.07) is 0. The van der Waals surface area contributed by atoms with E-state index in [9.17, 15) is 26.3 Å². The second-order valence-electron chi connectivity index (χ2n) is 4.56. The van der Waals surface area contributed by atoms with Gasteiger partial charge in [-0.1, -0.05) is 13.8 Å². The molecular weight excluding hydrogens is 274 g/mol. The number of hydrogen-bond acceptors (Lipinski definition) is 1. The van der Waals surface area contributed by atoms with Gasteiger partial charge in [-0.05, 0) is 0 Å². The summed E-state index contributed by atoms with van der Waals surface area (Å²) in [4.78, 5) is 0. The van der Waals surface area contributed by atoms with Crippen LogP contribution >= 0.6 is 0 Å². The molecule has 0 aromatic rings. The van der Waals surface area contributed by atoms with Crippen LogP contribution < -0.4 is 0 Å². The molecule has 7 heteroatoms. The van der Waals surface area contributed by atoms with E-state index in [0.717, 1.165) is 0 Å². The van der Waals surface area contributed by atoms with Crippen LogP contribution in [0.2, 0.25) is 0 Å². The van der Waals surface area contributed by atoms with Gasteiger partial charge in [-0.2, -0.15) is 0 Å². The van der Waals surface area contributed by atoms with Crippen molar-refractivity contribution >= 4 is 0 Å². The first-order chi connectivity index (χ1) is 8.62. The zero-order chi connectivity index (χ0) is 15.1. The van der Waals surface area contributed by atoms with Crippen LogP contribution in [-0.2, 0) is 4.74 Å². The van der Waals surface area contributed by atoms with Crippen molar-refractivity contribution < 1.29 is 31.1 Å². The van der Waals surface area contributed by atoms with Crippen LogP contribution in [0.3, 0.4) is 0 Å². The zero-order valence-corrected chi connectivity index (χ0v) is 11.1. The minimum Gasteiger partial charge on any atom is -0.375 e. The fourth-order valence-corrected chi connectivity index (χ4v) is 1.38. The third-order valence-corrected chi connectivity index (χ3v) is 2.67. The van der Waals surface area contributed by atoms with Crippen molar-refractivity contribution in [2.24, 2.45) is 0 Å². The lowest BCUT2D eigenvalue weighted by molar-refractivity contribution is -0.0628. The fraction of sp³-hybridized carbons (Fsp3) is 1.00. The molecular formula is C12H20F6O. The minimum atomic E-state index is -3.13. The fourth-order valence-electron chi connectivity index (χ4n) is 1.38. The van der Waals surface area contributed by atoms with Crippen LogP contribution in [0.15, 0.2) is 0 Å². The number of rotatable bonds is 10. The Hall–Kier alpha value is -0.460. The van der Waals surface area contributed by atoms with Gasteiger partial charge in [0.1, 0.15) is 12.3 Å². The van der Waals surface area contributed by atoms with Gasteiger partial charge in [0.05, 0.1) is 13.2 Å². The van der Waals surface area contributed by atoms with E-state index in [1.807, 2.05) is 0 Å². The van der Waals surface area contributed by atoms with E-state index in [1.54, 1.807) is 0 Å². The van der Waals surface area contributed by atoms with Gasteiger partial charge in [0.25, 0.3) is 11.8 Å². The van der Waals surface area contributed by atoms with Gasteiger partial charge in [-0.25, -0.2) is 26.3 Å². The average Bonchev–Trinajstić information content (AvgIpc) is 2.27. The molecule has 0 radical (unpaired) electrons. The standard InChI is InChI=1S/C12H20F6O/c1-3-11(15,16)5-9(13)7-19-8-10(14)6-12(17,18)4-2/h9-10H,3-8H2,1-2H3. The molecule has 19 heavy (non-hydrogen) atoms. The van der Waals surface area contributed by atoms with Crippen molar-refractivity contribution in [3.63, 3.8) is 0 Å². The molecule has 0 saturated heterocycles. The monoisotopic (exact) mass is 294 g/mol. The second-order valence-corrected chi connectivity index (χ2v) is 4.56. The van der Waals surface area contributed by atoms with Crippen LogP contribution in [0.25, 0.3) is 0 Å². The summed E-state index contributed by atoms with van der Waals surface area (Å²) in [6.07, 6.45) is -6.89. The van der Waals surface area contributed by atoms with E-state index >= 15 is 0 Å². The van der Waals surface area contributed by atoms with Gasteiger partial charge in [0.15, 0.2) is 0 Å². The summed E-state index contributed by atoms with van der Waals surface area (Å²) < 4.78 is 81.8. The highest BCUT2D eigenvalue weighted by atomic mass is 19.3. The van der Waals surface area contributed by atoms with Gasteiger partial charge in [-0.3, -0.25) is 0 Å². The van der Waals surface area contributed by atoms with E-state index in [-0.39, 0.29) is 0 Å². The molecule has 0 aliphatic carbocycles. The van der Waals surface area contributed by atoms with Crippen molar-refractivity contribution in [3.05, 3.63) is 0 Å². The van der Waals surface area contributed by atoms with Crippen molar-refractivity contribution in [2.45, 2.75) is 63.7 Å². The maximum atomic E-state index is 13.1. The highest BCUT2D eigenvalue weighted by molar-refractivity contribution is 4.72. The Balaban J connectivity index is 3.85. The molecule has 0 spiro atoms. The van der Waals surface area contributed by atoms with E-state index < -0.39 is 63.1 Å². The Labute approximate surface area is 109 Å². The first-order valence-electron chi connectivity index (χ1n) is 6.23. The number of hydrogen-bond donors (Lipinski definition) is 0. The molecule has 2 atom stereocenters. The molecule has 2 unspecified atom stereocenters. The predicted octanol–water partition coefficient (Wildman–Crippen LogP) is 4.55. The van der Waals surface area contributed by atoms with Gasteiger partial charge in [-0.15, -0.1) is 0 Å². The highest BCUT2D eigenvalue weighted by Gasteiger charge is 2.32. The Morgan fingerprint density at radius 3 is 1.37 bits per heavy atom. The highest BCUT2D eigenvalue weighted by Crippen LogP contribution is 2.27. The van der Waals surface area contributed by atoms with Crippen molar-refractivity contribution in [2.75, 3.05) is 13.2 Å². The molecule has 0 aliphatic rings. The van der Waals surface area contributed by atoms with E-state index in [2.05, 4.69) is 4.74 Å². The summed E-state index contributed by atoms with van der Waals surface area (Å²) in [7, 11) is 0. The van der Waals surface area contributed by atoms with Crippen molar-refractivity contribution in [3.8, 4) is 0 Å². The SMILES string of the molecule is CCC(F)(F)CC(F)COCC(F)CC(F)(F)CC.